The van der Waals surface area contributed by atoms with Gasteiger partial charge in [-0.05, 0) is 29.2 Å². The third-order valence-corrected chi connectivity index (χ3v) is 4.07. The Morgan fingerprint density at radius 1 is 0.960 bits per heavy atom. The van der Waals surface area contributed by atoms with Crippen LogP contribution < -0.4 is 5.32 Å². The van der Waals surface area contributed by atoms with E-state index in [-0.39, 0.29) is 28.4 Å². The number of carbonyl (C=O) groups is 2. The minimum atomic E-state index is -0.294. The number of amides is 1. The maximum atomic E-state index is 12.7. The van der Waals surface area contributed by atoms with Crippen LogP contribution in [0.2, 0.25) is 0 Å². The molecule has 1 atom stereocenters. The highest BCUT2D eigenvalue weighted by Gasteiger charge is 2.25. The molecule has 1 rings (SSSR count). The van der Waals surface area contributed by atoms with Gasteiger partial charge in [-0.15, -0.1) is 0 Å². The fourth-order valence-electron chi connectivity index (χ4n) is 2.80. The summed E-state index contributed by atoms with van der Waals surface area (Å²) in [7, 11) is 0. The van der Waals surface area contributed by atoms with Crippen molar-refractivity contribution >= 4 is 11.7 Å². The molecule has 0 radical (unpaired) electrons. The van der Waals surface area contributed by atoms with Crippen molar-refractivity contribution in [1.29, 1.82) is 0 Å². The van der Waals surface area contributed by atoms with Crippen LogP contribution in [-0.4, -0.2) is 18.2 Å². The molecular formula is C22H35NO2. The van der Waals surface area contributed by atoms with Crippen LogP contribution in [0.1, 0.15) is 66.4 Å². The van der Waals surface area contributed by atoms with Gasteiger partial charge in [-0.2, -0.15) is 0 Å². The van der Waals surface area contributed by atoms with Gasteiger partial charge in [0.1, 0.15) is 5.78 Å². The van der Waals surface area contributed by atoms with Crippen LogP contribution in [0, 0.1) is 16.7 Å². The molecule has 25 heavy (non-hydrogen) atoms. The molecule has 1 amide bonds. The third-order valence-electron chi connectivity index (χ3n) is 4.07. The smallest absolute Gasteiger partial charge is 0.223 e. The van der Waals surface area contributed by atoms with Crippen molar-refractivity contribution in [2.24, 2.45) is 16.7 Å². The average molecular weight is 346 g/mol. The summed E-state index contributed by atoms with van der Waals surface area (Å²) in [6, 6.07) is 9.95. The summed E-state index contributed by atoms with van der Waals surface area (Å²) in [6.07, 6.45) is 2.35. The average Bonchev–Trinajstić information content (AvgIpc) is 2.44. The highest BCUT2D eigenvalue weighted by molar-refractivity contribution is 5.87. The quantitative estimate of drug-likeness (QED) is 0.736. The molecule has 1 N–H and O–H groups in total. The zero-order chi connectivity index (χ0) is 19.1. The van der Waals surface area contributed by atoms with Gasteiger partial charge in [0.15, 0.2) is 0 Å². The molecule has 3 nitrogen and oxygen atoms in total. The first-order valence-corrected chi connectivity index (χ1v) is 9.30. The standard InChI is InChI=1S/C22H35NO2/c1-21(2,3)12-13-23-20(25)18(14-17-10-8-7-9-11-17)15-19(24)16-22(4,5)6/h7-11,18H,12-16H2,1-6H3,(H,23,25). The largest absolute Gasteiger partial charge is 0.356 e. The predicted molar refractivity (Wildman–Crippen MR) is 104 cm³/mol. The summed E-state index contributed by atoms with van der Waals surface area (Å²) in [6.45, 7) is 13.3. The molecule has 0 saturated carbocycles. The summed E-state index contributed by atoms with van der Waals surface area (Å²) in [5.41, 5.74) is 1.24. The van der Waals surface area contributed by atoms with E-state index in [1.54, 1.807) is 0 Å². The van der Waals surface area contributed by atoms with Crippen LogP contribution >= 0.6 is 0 Å². The van der Waals surface area contributed by atoms with Crippen LogP contribution in [0.3, 0.4) is 0 Å². The summed E-state index contributed by atoms with van der Waals surface area (Å²) in [5, 5.41) is 3.04. The van der Waals surface area contributed by atoms with Gasteiger partial charge in [0.05, 0.1) is 0 Å². The van der Waals surface area contributed by atoms with Gasteiger partial charge in [-0.25, -0.2) is 0 Å². The topological polar surface area (TPSA) is 46.2 Å². The maximum Gasteiger partial charge on any atom is 0.223 e. The van der Waals surface area contributed by atoms with Crippen molar-refractivity contribution in [3.63, 3.8) is 0 Å². The highest BCUT2D eigenvalue weighted by Crippen LogP contribution is 2.23. The summed E-state index contributed by atoms with van der Waals surface area (Å²) in [5.74, 6) is -0.132. The lowest BCUT2D eigenvalue weighted by Gasteiger charge is -2.22. The molecule has 0 spiro atoms. The van der Waals surface area contributed by atoms with Gasteiger partial charge in [0, 0.05) is 25.3 Å². The van der Waals surface area contributed by atoms with Crippen molar-refractivity contribution in [3.8, 4) is 0 Å². The second-order valence-electron chi connectivity index (χ2n) is 9.47. The van der Waals surface area contributed by atoms with Crippen LogP contribution in [0.5, 0.6) is 0 Å². The van der Waals surface area contributed by atoms with Crippen LogP contribution in [0.15, 0.2) is 30.3 Å². The molecule has 140 valence electrons. The first-order valence-electron chi connectivity index (χ1n) is 9.30. The fourth-order valence-corrected chi connectivity index (χ4v) is 2.80. The molecule has 0 fully saturated rings. The van der Waals surface area contributed by atoms with E-state index in [2.05, 4.69) is 46.9 Å². The second-order valence-corrected chi connectivity index (χ2v) is 9.47. The van der Waals surface area contributed by atoms with E-state index in [9.17, 15) is 9.59 Å². The van der Waals surface area contributed by atoms with Gasteiger partial charge in [-0.3, -0.25) is 9.59 Å². The van der Waals surface area contributed by atoms with Gasteiger partial charge in [0.2, 0.25) is 5.91 Å². The third kappa shape index (κ3) is 10.1. The van der Waals surface area contributed by atoms with Crippen molar-refractivity contribution in [2.45, 2.75) is 67.2 Å². The van der Waals surface area contributed by atoms with Gasteiger partial charge in [-0.1, -0.05) is 71.9 Å². The first-order chi connectivity index (χ1) is 11.5. The number of benzene rings is 1. The van der Waals surface area contributed by atoms with Gasteiger partial charge in [0.25, 0.3) is 0 Å². The monoisotopic (exact) mass is 345 g/mol. The molecule has 1 aromatic carbocycles. The number of nitrogens with one attached hydrogen (secondary N) is 1. The van der Waals surface area contributed by atoms with E-state index < -0.39 is 0 Å². The van der Waals surface area contributed by atoms with Crippen molar-refractivity contribution < 1.29 is 9.59 Å². The first kappa shape index (κ1) is 21.4. The number of ketones is 1. The number of Topliss-reactive ketones (excluding diaryl/α,β-unsaturated/α-hetero) is 1. The Morgan fingerprint density at radius 2 is 1.56 bits per heavy atom. The Labute approximate surface area is 153 Å². The van der Waals surface area contributed by atoms with E-state index in [1.807, 2.05) is 30.3 Å². The van der Waals surface area contributed by atoms with E-state index in [4.69, 9.17) is 0 Å². The number of hydrogen-bond donors (Lipinski definition) is 1. The van der Waals surface area contributed by atoms with E-state index in [1.165, 1.54) is 0 Å². The lowest BCUT2D eigenvalue weighted by atomic mass is 9.85. The van der Waals surface area contributed by atoms with Crippen molar-refractivity contribution in [3.05, 3.63) is 35.9 Å². The lowest BCUT2D eigenvalue weighted by molar-refractivity contribution is -0.130. The lowest BCUT2D eigenvalue weighted by Crippen LogP contribution is -2.35. The van der Waals surface area contributed by atoms with E-state index >= 15 is 0 Å². The Balaban J connectivity index is 2.73. The molecule has 0 aliphatic rings. The van der Waals surface area contributed by atoms with E-state index in [0.29, 0.717) is 25.8 Å². The second kappa shape index (κ2) is 9.17. The molecule has 0 aliphatic heterocycles. The molecule has 0 aromatic heterocycles. The number of hydrogen-bond acceptors (Lipinski definition) is 2. The molecular weight excluding hydrogens is 310 g/mol. The normalized spacial score (nSPS) is 13.4. The Morgan fingerprint density at radius 3 is 2.08 bits per heavy atom. The minimum Gasteiger partial charge on any atom is -0.356 e. The maximum absolute atomic E-state index is 12.7. The fraction of sp³-hybridized carbons (Fsp3) is 0.636. The van der Waals surface area contributed by atoms with Crippen LogP contribution in [0.25, 0.3) is 0 Å². The molecule has 0 heterocycles. The van der Waals surface area contributed by atoms with Crippen molar-refractivity contribution in [2.75, 3.05) is 6.54 Å². The SMILES string of the molecule is CC(C)(C)CCNC(=O)C(CC(=O)CC(C)(C)C)Cc1ccccc1. The summed E-state index contributed by atoms with van der Waals surface area (Å²) < 4.78 is 0. The molecule has 0 bridgehead atoms. The summed E-state index contributed by atoms with van der Waals surface area (Å²) in [4.78, 5) is 25.1. The number of rotatable bonds is 8. The van der Waals surface area contributed by atoms with E-state index in [0.717, 1.165) is 12.0 Å². The van der Waals surface area contributed by atoms with Crippen LogP contribution in [-0.2, 0) is 16.0 Å². The van der Waals surface area contributed by atoms with Crippen molar-refractivity contribution in [1.82, 2.24) is 5.32 Å². The van der Waals surface area contributed by atoms with Gasteiger partial charge >= 0.3 is 0 Å². The Hall–Kier alpha value is -1.64. The molecule has 0 aliphatic carbocycles. The Bertz CT molecular complexity index is 550. The summed E-state index contributed by atoms with van der Waals surface area (Å²) >= 11 is 0. The molecule has 3 heteroatoms. The molecule has 1 unspecified atom stereocenters. The zero-order valence-electron chi connectivity index (χ0n) is 16.8. The molecule has 0 saturated heterocycles. The predicted octanol–water partition coefficient (Wildman–Crippen LogP) is 4.79. The molecule has 1 aromatic rings. The minimum absolute atomic E-state index is 0.00429. The Kier molecular flexibility index (Phi) is 7.85. The van der Waals surface area contributed by atoms with Gasteiger partial charge < -0.3 is 5.32 Å². The highest BCUT2D eigenvalue weighted by atomic mass is 16.2. The zero-order valence-corrected chi connectivity index (χ0v) is 16.8. The number of carbonyl (C=O) groups excluding carboxylic acids is 2. The van der Waals surface area contributed by atoms with Crippen LogP contribution in [0.4, 0.5) is 0 Å².